The van der Waals surface area contributed by atoms with Crippen LogP contribution in [0.3, 0.4) is 0 Å². The number of hydrogen-bond donors (Lipinski definition) is 3. The molecular formula is C13H15N3O4S2. The molecule has 0 spiro atoms. The molecule has 1 aliphatic rings. The largest absolute Gasteiger partial charge is 0.278 e. The standard InChI is InChI=1S/C13H15N3O4S2/c1-14-15-11-8-5-9-12(13(11)21(17)18)16-22(19,20)10-6-3-2-4-7-10/h2-9,11,14-16H,1H3. The Labute approximate surface area is 130 Å². The van der Waals surface area contributed by atoms with Crippen molar-refractivity contribution in [3.63, 3.8) is 0 Å². The number of hydrogen-bond acceptors (Lipinski definition) is 6. The molecule has 0 bridgehead atoms. The number of sulfonamides is 1. The monoisotopic (exact) mass is 341 g/mol. The molecule has 22 heavy (non-hydrogen) atoms. The first kappa shape index (κ1) is 16.4. The number of nitrogens with one attached hydrogen (secondary N) is 3. The molecule has 0 heterocycles. The number of allylic oxidation sites excluding steroid dienone is 2. The van der Waals surface area contributed by atoms with Crippen LogP contribution in [-0.4, -0.2) is 34.8 Å². The second kappa shape index (κ2) is 6.88. The Kier molecular flexibility index (Phi) is 5.14. The van der Waals surface area contributed by atoms with Gasteiger partial charge in [-0.05, 0) is 25.3 Å². The Morgan fingerprint density at radius 3 is 2.41 bits per heavy atom. The summed E-state index contributed by atoms with van der Waals surface area (Å²) in [5, 5.41) is 0. The van der Waals surface area contributed by atoms with Gasteiger partial charge >= 0.3 is 0 Å². The molecule has 118 valence electrons. The lowest BCUT2D eigenvalue weighted by atomic mass is 10.1. The summed E-state index contributed by atoms with van der Waals surface area (Å²) < 4.78 is 49.8. The van der Waals surface area contributed by atoms with Gasteiger partial charge in [-0.1, -0.05) is 30.4 Å². The number of benzene rings is 1. The smallest absolute Gasteiger partial charge is 0.261 e. The summed E-state index contributed by atoms with van der Waals surface area (Å²) >= 11 is 0. The fourth-order valence-corrected chi connectivity index (χ4v) is 3.76. The Hall–Kier alpha value is -1.94. The first-order valence-corrected chi connectivity index (χ1v) is 8.86. The van der Waals surface area contributed by atoms with E-state index in [1.165, 1.54) is 18.2 Å². The van der Waals surface area contributed by atoms with Gasteiger partial charge in [-0.15, -0.1) is 0 Å². The van der Waals surface area contributed by atoms with Gasteiger partial charge in [0.1, 0.15) is 4.86 Å². The fraction of sp³-hybridized carbons (Fsp3) is 0.154. The molecule has 2 rings (SSSR count). The predicted octanol–water partition coefficient (Wildman–Crippen LogP) is -0.437. The zero-order valence-corrected chi connectivity index (χ0v) is 13.3. The Bertz CT molecular complexity index is 833. The summed E-state index contributed by atoms with van der Waals surface area (Å²) in [6.45, 7) is 0. The van der Waals surface area contributed by atoms with Crippen LogP contribution in [0, 0.1) is 0 Å². The molecule has 0 saturated carbocycles. The second-order valence-electron chi connectivity index (χ2n) is 4.35. The van der Waals surface area contributed by atoms with Crippen molar-refractivity contribution in [2.45, 2.75) is 10.9 Å². The zero-order valence-electron chi connectivity index (χ0n) is 11.6. The minimum atomic E-state index is -3.86. The summed E-state index contributed by atoms with van der Waals surface area (Å²) in [6, 6.07) is 7.06. The average molecular weight is 341 g/mol. The molecule has 1 unspecified atom stereocenters. The first-order chi connectivity index (χ1) is 10.5. The van der Waals surface area contributed by atoms with Gasteiger partial charge in [0.15, 0.2) is 0 Å². The molecule has 0 fully saturated rings. The summed E-state index contributed by atoms with van der Waals surface area (Å²) in [4.78, 5) is -0.0315. The van der Waals surface area contributed by atoms with E-state index in [1.807, 2.05) is 0 Å². The van der Waals surface area contributed by atoms with Crippen LogP contribution in [0.2, 0.25) is 0 Å². The highest BCUT2D eigenvalue weighted by atomic mass is 32.2. The lowest BCUT2D eigenvalue weighted by Gasteiger charge is -2.21. The Morgan fingerprint density at radius 1 is 1.14 bits per heavy atom. The third-order valence-corrected chi connectivity index (χ3v) is 5.11. The molecule has 1 aromatic carbocycles. The molecule has 0 radical (unpaired) electrons. The van der Waals surface area contributed by atoms with Gasteiger partial charge in [-0.25, -0.2) is 13.8 Å². The molecular weight excluding hydrogens is 326 g/mol. The van der Waals surface area contributed by atoms with Gasteiger partial charge in [-0.2, -0.15) is 8.42 Å². The lowest BCUT2D eigenvalue weighted by molar-refractivity contribution is 0.586. The molecule has 0 aromatic heterocycles. The quantitative estimate of drug-likeness (QED) is 0.496. The van der Waals surface area contributed by atoms with Crippen LogP contribution in [0.1, 0.15) is 0 Å². The molecule has 0 aliphatic heterocycles. The van der Waals surface area contributed by atoms with E-state index in [9.17, 15) is 16.8 Å². The van der Waals surface area contributed by atoms with E-state index in [-0.39, 0.29) is 15.5 Å². The average Bonchev–Trinajstić information content (AvgIpc) is 2.48. The Morgan fingerprint density at radius 2 is 1.82 bits per heavy atom. The van der Waals surface area contributed by atoms with Crippen molar-refractivity contribution in [3.8, 4) is 0 Å². The summed E-state index contributed by atoms with van der Waals surface area (Å²) in [6.07, 6.45) is 4.58. The van der Waals surface area contributed by atoms with Crippen LogP contribution in [0.25, 0.3) is 0 Å². The van der Waals surface area contributed by atoms with Crippen molar-refractivity contribution in [1.29, 1.82) is 0 Å². The van der Waals surface area contributed by atoms with Crippen molar-refractivity contribution in [2.24, 2.45) is 0 Å². The van der Waals surface area contributed by atoms with E-state index in [2.05, 4.69) is 15.6 Å². The van der Waals surface area contributed by atoms with Gasteiger partial charge in [0.25, 0.3) is 10.0 Å². The van der Waals surface area contributed by atoms with Gasteiger partial charge in [-0.3, -0.25) is 10.1 Å². The van der Waals surface area contributed by atoms with Crippen molar-refractivity contribution >= 4 is 25.2 Å². The molecule has 1 aromatic rings. The lowest BCUT2D eigenvalue weighted by Crippen LogP contribution is -2.46. The van der Waals surface area contributed by atoms with E-state index in [0.29, 0.717) is 0 Å². The van der Waals surface area contributed by atoms with Crippen LogP contribution in [0.4, 0.5) is 0 Å². The minimum Gasteiger partial charge on any atom is -0.278 e. The highest BCUT2D eigenvalue weighted by Crippen LogP contribution is 2.13. The summed E-state index contributed by atoms with van der Waals surface area (Å²) in [5.74, 6) is 0. The van der Waals surface area contributed by atoms with Crippen molar-refractivity contribution in [1.82, 2.24) is 15.6 Å². The van der Waals surface area contributed by atoms with Crippen molar-refractivity contribution in [3.05, 3.63) is 54.3 Å². The molecule has 0 saturated heterocycles. The van der Waals surface area contributed by atoms with Gasteiger partial charge in [0, 0.05) is 0 Å². The molecule has 9 heteroatoms. The third-order valence-electron chi connectivity index (χ3n) is 2.89. The van der Waals surface area contributed by atoms with Crippen LogP contribution in [0.5, 0.6) is 0 Å². The number of rotatable bonds is 5. The molecule has 7 nitrogen and oxygen atoms in total. The molecule has 1 atom stereocenters. The van der Waals surface area contributed by atoms with Crippen LogP contribution in [0.15, 0.2) is 59.2 Å². The van der Waals surface area contributed by atoms with E-state index >= 15 is 0 Å². The van der Waals surface area contributed by atoms with E-state index in [0.717, 1.165) is 0 Å². The second-order valence-corrected chi connectivity index (χ2v) is 6.95. The van der Waals surface area contributed by atoms with E-state index in [1.54, 1.807) is 37.4 Å². The molecule has 0 amide bonds. The highest BCUT2D eigenvalue weighted by Gasteiger charge is 2.25. The zero-order chi connectivity index (χ0) is 16.2. The summed E-state index contributed by atoms with van der Waals surface area (Å²) in [7, 11) is -4.86. The van der Waals surface area contributed by atoms with E-state index in [4.69, 9.17) is 0 Å². The van der Waals surface area contributed by atoms with Gasteiger partial charge in [0.05, 0.1) is 16.6 Å². The van der Waals surface area contributed by atoms with Crippen molar-refractivity contribution in [2.75, 3.05) is 7.05 Å². The first-order valence-electron chi connectivity index (χ1n) is 6.31. The fourth-order valence-electron chi connectivity index (χ4n) is 1.95. The molecule has 1 aliphatic carbocycles. The maximum absolute atomic E-state index is 12.3. The van der Waals surface area contributed by atoms with Gasteiger partial charge in [0.2, 0.25) is 10.3 Å². The molecule has 3 N–H and O–H groups in total. The maximum atomic E-state index is 12.3. The Balaban J connectivity index is 2.38. The normalized spacial score (nSPS) is 18.0. The van der Waals surface area contributed by atoms with Gasteiger partial charge < -0.3 is 0 Å². The topological polar surface area (TPSA) is 104 Å². The third kappa shape index (κ3) is 3.63. The number of hydrazine groups is 1. The van der Waals surface area contributed by atoms with Crippen LogP contribution < -0.4 is 15.6 Å². The SMILES string of the molecule is CNNC1C=CC=C(NS(=O)(=O)c2ccccc2)C1=S(=O)=O. The van der Waals surface area contributed by atoms with Crippen LogP contribution >= 0.6 is 0 Å². The van der Waals surface area contributed by atoms with Crippen molar-refractivity contribution < 1.29 is 16.8 Å². The minimum absolute atomic E-state index is 0.00689. The highest BCUT2D eigenvalue weighted by molar-refractivity contribution is 7.89. The maximum Gasteiger partial charge on any atom is 0.261 e. The predicted molar refractivity (Wildman–Crippen MR) is 83.9 cm³/mol. The summed E-state index contributed by atoms with van der Waals surface area (Å²) in [5.41, 5.74) is 5.37. The van der Waals surface area contributed by atoms with E-state index < -0.39 is 26.4 Å². The van der Waals surface area contributed by atoms with Crippen LogP contribution in [-0.2, 0) is 20.3 Å².